The van der Waals surface area contributed by atoms with Crippen LogP contribution in [0.4, 0.5) is 16.5 Å². The molecule has 0 bridgehead atoms. The molecule has 1 amide bonds. The zero-order valence-corrected chi connectivity index (χ0v) is 11.6. The number of hydrogen-bond donors (Lipinski definition) is 2. The molecule has 2 aromatic rings. The maximum absolute atomic E-state index is 11.8. The van der Waals surface area contributed by atoms with Gasteiger partial charge in [0.1, 0.15) is 0 Å². The Morgan fingerprint density at radius 2 is 2.30 bits per heavy atom. The van der Waals surface area contributed by atoms with E-state index in [2.05, 4.69) is 10.3 Å². The minimum Gasteiger partial charge on any atom is -0.375 e. The van der Waals surface area contributed by atoms with E-state index in [0.29, 0.717) is 16.5 Å². The van der Waals surface area contributed by atoms with Gasteiger partial charge in [-0.05, 0) is 6.07 Å². The minimum absolute atomic E-state index is 0.0566. The Bertz CT molecular complexity index is 673. The molecular formula is C11H9ClN4O3S. The summed E-state index contributed by atoms with van der Waals surface area (Å²) >= 11 is 7.12. The van der Waals surface area contributed by atoms with Crippen LogP contribution in [0.5, 0.6) is 0 Å². The summed E-state index contributed by atoms with van der Waals surface area (Å²) in [4.78, 5) is 25.8. The highest BCUT2D eigenvalue weighted by molar-refractivity contribution is 7.13. The van der Waals surface area contributed by atoms with Crippen molar-refractivity contribution in [3.05, 3.63) is 44.4 Å². The number of nitrogen functional groups attached to an aromatic ring is 1. The van der Waals surface area contributed by atoms with Crippen LogP contribution in [0.3, 0.4) is 0 Å². The summed E-state index contributed by atoms with van der Waals surface area (Å²) in [5.74, 6) is -0.328. The molecule has 0 radical (unpaired) electrons. The summed E-state index contributed by atoms with van der Waals surface area (Å²) < 4.78 is 0. The van der Waals surface area contributed by atoms with Gasteiger partial charge < -0.3 is 11.1 Å². The van der Waals surface area contributed by atoms with E-state index >= 15 is 0 Å². The van der Waals surface area contributed by atoms with E-state index in [4.69, 9.17) is 17.3 Å². The van der Waals surface area contributed by atoms with E-state index in [1.165, 1.54) is 29.5 Å². The molecular weight excluding hydrogens is 304 g/mol. The molecule has 2 rings (SSSR count). The van der Waals surface area contributed by atoms with Crippen molar-refractivity contribution in [2.24, 2.45) is 0 Å². The number of nitrogens with two attached hydrogens (primary N) is 1. The number of halogens is 1. The number of benzene rings is 1. The summed E-state index contributed by atoms with van der Waals surface area (Å²) in [5.41, 5.74) is 6.20. The molecule has 0 saturated heterocycles. The number of nitrogens with zero attached hydrogens (tertiary/aromatic N) is 2. The summed E-state index contributed by atoms with van der Waals surface area (Å²) in [6, 6.07) is 3.83. The Morgan fingerprint density at radius 1 is 1.55 bits per heavy atom. The second-order valence-electron chi connectivity index (χ2n) is 3.82. The van der Waals surface area contributed by atoms with E-state index in [0.717, 1.165) is 0 Å². The number of nitrogens with one attached hydrogen (secondary N) is 1. The van der Waals surface area contributed by atoms with Crippen LogP contribution < -0.4 is 11.1 Å². The van der Waals surface area contributed by atoms with Crippen LogP contribution in [0.1, 0.15) is 5.69 Å². The van der Waals surface area contributed by atoms with Gasteiger partial charge in [-0.1, -0.05) is 11.6 Å². The van der Waals surface area contributed by atoms with Crippen LogP contribution in [0.25, 0.3) is 0 Å². The number of nitro groups is 1. The fourth-order valence-electron chi connectivity index (χ4n) is 1.48. The second-order valence-corrected chi connectivity index (χ2v) is 5.12. The molecule has 1 aromatic carbocycles. The van der Waals surface area contributed by atoms with Gasteiger partial charge >= 0.3 is 0 Å². The number of carbonyl (C=O) groups is 1. The highest BCUT2D eigenvalue weighted by Crippen LogP contribution is 2.26. The molecule has 0 unspecified atom stereocenters. The molecule has 0 aliphatic rings. The maximum atomic E-state index is 11.8. The molecule has 9 heteroatoms. The van der Waals surface area contributed by atoms with Crippen molar-refractivity contribution in [1.29, 1.82) is 0 Å². The van der Waals surface area contributed by atoms with Crippen molar-refractivity contribution in [3.63, 3.8) is 0 Å². The van der Waals surface area contributed by atoms with E-state index in [1.54, 1.807) is 5.38 Å². The largest absolute Gasteiger partial charge is 0.375 e. The van der Waals surface area contributed by atoms with Gasteiger partial charge in [0, 0.05) is 17.5 Å². The van der Waals surface area contributed by atoms with Crippen LogP contribution in [-0.4, -0.2) is 15.8 Å². The van der Waals surface area contributed by atoms with Crippen LogP contribution in [-0.2, 0) is 11.2 Å². The van der Waals surface area contributed by atoms with Crippen molar-refractivity contribution >= 4 is 45.4 Å². The molecule has 1 aromatic heterocycles. The van der Waals surface area contributed by atoms with Crippen molar-refractivity contribution in [1.82, 2.24) is 4.98 Å². The molecule has 3 N–H and O–H groups in total. The molecule has 7 nitrogen and oxygen atoms in total. The third kappa shape index (κ3) is 3.43. The third-order valence-electron chi connectivity index (χ3n) is 2.35. The lowest BCUT2D eigenvalue weighted by Crippen LogP contribution is -2.15. The maximum Gasteiger partial charge on any atom is 0.271 e. The number of hydrogen-bond acceptors (Lipinski definition) is 6. The van der Waals surface area contributed by atoms with Crippen LogP contribution in [0.15, 0.2) is 23.6 Å². The molecule has 0 spiro atoms. The summed E-state index contributed by atoms with van der Waals surface area (Å²) in [6.07, 6.45) is 0.0566. The molecule has 0 saturated carbocycles. The second kappa shape index (κ2) is 5.85. The number of thiazole rings is 1. The topological polar surface area (TPSA) is 111 Å². The van der Waals surface area contributed by atoms with Gasteiger partial charge in [0.05, 0.1) is 27.7 Å². The minimum atomic E-state index is -0.560. The number of nitro benzene ring substituents is 1. The quantitative estimate of drug-likeness (QED) is 0.665. The average Bonchev–Trinajstić information content (AvgIpc) is 2.77. The van der Waals surface area contributed by atoms with E-state index in [1.807, 2.05) is 0 Å². The van der Waals surface area contributed by atoms with Crippen molar-refractivity contribution in [3.8, 4) is 0 Å². The highest BCUT2D eigenvalue weighted by atomic mass is 35.5. The predicted molar refractivity (Wildman–Crippen MR) is 77.0 cm³/mol. The summed E-state index contributed by atoms with van der Waals surface area (Å²) in [6.45, 7) is 0. The van der Waals surface area contributed by atoms with E-state index in [9.17, 15) is 14.9 Å². The van der Waals surface area contributed by atoms with Crippen molar-refractivity contribution in [2.75, 3.05) is 11.1 Å². The zero-order chi connectivity index (χ0) is 14.7. The summed E-state index contributed by atoms with van der Waals surface area (Å²) in [7, 11) is 0. The number of amides is 1. The molecule has 0 fully saturated rings. The first-order valence-corrected chi connectivity index (χ1v) is 6.65. The molecule has 0 atom stereocenters. The van der Waals surface area contributed by atoms with E-state index < -0.39 is 4.92 Å². The molecule has 104 valence electrons. The Balaban J connectivity index is 2.06. The van der Waals surface area contributed by atoms with Crippen LogP contribution >= 0.6 is 22.9 Å². The lowest BCUT2D eigenvalue weighted by molar-refractivity contribution is -0.384. The number of rotatable bonds is 4. The molecule has 0 aliphatic carbocycles. The van der Waals surface area contributed by atoms with Gasteiger partial charge in [0.25, 0.3) is 5.69 Å². The number of anilines is 2. The van der Waals surface area contributed by atoms with Gasteiger partial charge in [-0.3, -0.25) is 14.9 Å². The third-order valence-corrected chi connectivity index (χ3v) is 3.38. The lowest BCUT2D eigenvalue weighted by Gasteiger charge is -2.06. The monoisotopic (exact) mass is 312 g/mol. The molecule has 20 heavy (non-hydrogen) atoms. The fraction of sp³-hybridized carbons (Fsp3) is 0.0909. The van der Waals surface area contributed by atoms with Crippen molar-refractivity contribution < 1.29 is 9.72 Å². The first kappa shape index (κ1) is 14.2. The molecule has 0 aliphatic heterocycles. The number of aromatic nitrogens is 1. The standard InChI is InChI=1S/C11H9ClN4O3S/c12-8-4-7(16(18)19)1-2-9(8)15-10(17)3-6-5-20-11(13)14-6/h1-2,4-5H,3H2,(H2,13,14)(H,15,17). The Labute approximate surface area is 122 Å². The average molecular weight is 313 g/mol. The van der Waals surface area contributed by atoms with Gasteiger partial charge in [-0.2, -0.15) is 0 Å². The predicted octanol–water partition coefficient (Wildman–Crippen LogP) is 2.47. The number of non-ortho nitro benzene ring substituents is 1. The first-order valence-electron chi connectivity index (χ1n) is 5.39. The SMILES string of the molecule is Nc1nc(CC(=O)Nc2ccc([N+](=O)[O-])cc2Cl)cs1. The lowest BCUT2D eigenvalue weighted by atomic mass is 10.2. The normalized spacial score (nSPS) is 10.2. The van der Waals surface area contributed by atoms with Crippen molar-refractivity contribution in [2.45, 2.75) is 6.42 Å². The smallest absolute Gasteiger partial charge is 0.271 e. The summed E-state index contributed by atoms with van der Waals surface area (Å²) in [5, 5.41) is 15.3. The van der Waals surface area contributed by atoms with Gasteiger partial charge in [-0.25, -0.2) is 4.98 Å². The molecule has 1 heterocycles. The van der Waals surface area contributed by atoms with Crippen LogP contribution in [0, 0.1) is 10.1 Å². The van der Waals surface area contributed by atoms with Gasteiger partial charge in [0.2, 0.25) is 5.91 Å². The zero-order valence-electron chi connectivity index (χ0n) is 10.00. The Morgan fingerprint density at radius 3 is 2.85 bits per heavy atom. The van der Waals surface area contributed by atoms with Crippen LogP contribution in [0.2, 0.25) is 5.02 Å². The Hall–Kier alpha value is -2.19. The Kier molecular flexibility index (Phi) is 4.16. The van der Waals surface area contributed by atoms with Gasteiger partial charge in [-0.15, -0.1) is 11.3 Å². The van der Waals surface area contributed by atoms with Gasteiger partial charge in [0.15, 0.2) is 5.13 Å². The highest BCUT2D eigenvalue weighted by Gasteiger charge is 2.12. The van der Waals surface area contributed by atoms with E-state index in [-0.39, 0.29) is 23.0 Å². The first-order chi connectivity index (χ1) is 9.45. The fourth-order valence-corrected chi connectivity index (χ4v) is 2.27. The number of carbonyl (C=O) groups excluding carboxylic acids is 1.